The van der Waals surface area contributed by atoms with Crippen molar-refractivity contribution in [3.05, 3.63) is 50.9 Å². The molecule has 2 rings (SSSR count). The van der Waals surface area contributed by atoms with Gasteiger partial charge in [-0.3, -0.25) is 4.79 Å². The summed E-state index contributed by atoms with van der Waals surface area (Å²) < 4.78 is 0. The summed E-state index contributed by atoms with van der Waals surface area (Å²) in [5, 5.41) is 8.86. The first kappa shape index (κ1) is 11.1. The maximum atomic E-state index is 11.4. The van der Waals surface area contributed by atoms with Crippen molar-refractivity contribution in [1.29, 1.82) is 0 Å². The second kappa shape index (κ2) is 5.63. The van der Waals surface area contributed by atoms with Crippen molar-refractivity contribution in [2.45, 2.75) is 6.54 Å². The summed E-state index contributed by atoms with van der Waals surface area (Å²) in [6.45, 7) is 0.594. The Morgan fingerprint density at radius 1 is 1.38 bits per heavy atom. The topological polar surface area (TPSA) is 29.1 Å². The van der Waals surface area contributed by atoms with Crippen LogP contribution in [0.5, 0.6) is 0 Å². The SMILES string of the molecule is O=C(/C=C/c1cccs1)NCc1ccsc1. The van der Waals surface area contributed by atoms with Crippen LogP contribution in [0.4, 0.5) is 0 Å². The molecule has 0 radical (unpaired) electrons. The van der Waals surface area contributed by atoms with E-state index in [1.54, 1.807) is 28.7 Å². The van der Waals surface area contributed by atoms with E-state index in [1.165, 1.54) is 0 Å². The monoisotopic (exact) mass is 249 g/mol. The molecule has 2 aromatic rings. The molecule has 4 heteroatoms. The molecule has 1 amide bonds. The third-order valence-corrected chi connectivity index (χ3v) is 3.56. The third kappa shape index (κ3) is 3.32. The minimum atomic E-state index is -0.0559. The van der Waals surface area contributed by atoms with E-state index in [9.17, 15) is 4.79 Å². The largest absolute Gasteiger partial charge is 0.348 e. The number of nitrogens with one attached hydrogen (secondary N) is 1. The highest BCUT2D eigenvalue weighted by Crippen LogP contribution is 2.10. The van der Waals surface area contributed by atoms with E-state index in [-0.39, 0.29) is 5.91 Å². The van der Waals surface area contributed by atoms with Gasteiger partial charge in [0.2, 0.25) is 5.91 Å². The predicted molar refractivity (Wildman–Crippen MR) is 69.5 cm³/mol. The number of rotatable bonds is 4. The van der Waals surface area contributed by atoms with Crippen molar-refractivity contribution in [3.8, 4) is 0 Å². The smallest absolute Gasteiger partial charge is 0.244 e. The molecule has 0 aliphatic carbocycles. The second-order valence-electron chi connectivity index (χ2n) is 3.20. The zero-order chi connectivity index (χ0) is 11.2. The number of thiophene rings is 2. The van der Waals surface area contributed by atoms with Crippen LogP contribution in [0.3, 0.4) is 0 Å². The van der Waals surface area contributed by atoms with Gasteiger partial charge < -0.3 is 5.32 Å². The molecule has 82 valence electrons. The van der Waals surface area contributed by atoms with Crippen LogP contribution in [-0.4, -0.2) is 5.91 Å². The maximum absolute atomic E-state index is 11.4. The van der Waals surface area contributed by atoms with Gasteiger partial charge in [0, 0.05) is 17.5 Å². The second-order valence-corrected chi connectivity index (χ2v) is 4.96. The van der Waals surface area contributed by atoms with Crippen LogP contribution in [0.1, 0.15) is 10.4 Å². The van der Waals surface area contributed by atoms with E-state index >= 15 is 0 Å². The average molecular weight is 249 g/mol. The fourth-order valence-electron chi connectivity index (χ4n) is 1.19. The lowest BCUT2D eigenvalue weighted by molar-refractivity contribution is -0.116. The number of carbonyl (C=O) groups excluding carboxylic acids is 1. The average Bonchev–Trinajstić information content (AvgIpc) is 2.96. The Labute approximate surface area is 102 Å². The molecule has 2 nitrogen and oxygen atoms in total. The molecule has 0 aliphatic rings. The summed E-state index contributed by atoms with van der Waals surface area (Å²) in [6.07, 6.45) is 3.39. The molecule has 2 heterocycles. The third-order valence-electron chi connectivity index (χ3n) is 1.99. The van der Waals surface area contributed by atoms with E-state index in [4.69, 9.17) is 0 Å². The van der Waals surface area contributed by atoms with Crippen molar-refractivity contribution in [3.63, 3.8) is 0 Å². The lowest BCUT2D eigenvalue weighted by atomic mass is 10.3. The molecule has 0 aliphatic heterocycles. The van der Waals surface area contributed by atoms with Crippen molar-refractivity contribution in [1.82, 2.24) is 5.32 Å². The van der Waals surface area contributed by atoms with E-state index in [2.05, 4.69) is 5.32 Å². The van der Waals surface area contributed by atoms with E-state index < -0.39 is 0 Å². The fourth-order valence-corrected chi connectivity index (χ4v) is 2.47. The summed E-state index contributed by atoms with van der Waals surface area (Å²) in [6, 6.07) is 5.95. The van der Waals surface area contributed by atoms with Gasteiger partial charge in [-0.15, -0.1) is 11.3 Å². The summed E-state index contributed by atoms with van der Waals surface area (Å²) in [5.74, 6) is -0.0559. The van der Waals surface area contributed by atoms with Crippen LogP contribution in [0.15, 0.2) is 40.4 Å². The van der Waals surface area contributed by atoms with Crippen LogP contribution in [0, 0.1) is 0 Å². The minimum absolute atomic E-state index is 0.0559. The molecular formula is C12H11NOS2. The van der Waals surface area contributed by atoms with Crippen LogP contribution < -0.4 is 5.32 Å². The molecular weight excluding hydrogens is 238 g/mol. The number of amides is 1. The fraction of sp³-hybridized carbons (Fsp3) is 0.0833. The summed E-state index contributed by atoms with van der Waals surface area (Å²) >= 11 is 3.25. The van der Waals surface area contributed by atoms with Crippen molar-refractivity contribution in [2.24, 2.45) is 0 Å². The van der Waals surface area contributed by atoms with Gasteiger partial charge >= 0.3 is 0 Å². The lowest BCUT2D eigenvalue weighted by Gasteiger charge is -1.98. The zero-order valence-electron chi connectivity index (χ0n) is 8.55. The van der Waals surface area contributed by atoms with Gasteiger partial charge in [-0.1, -0.05) is 6.07 Å². The molecule has 1 N–H and O–H groups in total. The van der Waals surface area contributed by atoms with Crippen molar-refractivity contribution in [2.75, 3.05) is 0 Å². The minimum Gasteiger partial charge on any atom is -0.348 e. The highest BCUT2D eigenvalue weighted by atomic mass is 32.1. The molecule has 0 saturated heterocycles. The van der Waals surface area contributed by atoms with Gasteiger partial charge in [0.05, 0.1) is 0 Å². The Balaban J connectivity index is 1.81. The van der Waals surface area contributed by atoms with Gasteiger partial charge in [-0.2, -0.15) is 11.3 Å². The van der Waals surface area contributed by atoms with Gasteiger partial charge in [-0.05, 0) is 39.9 Å². The Bertz CT molecular complexity index is 457. The van der Waals surface area contributed by atoms with Gasteiger partial charge in [0.1, 0.15) is 0 Å². The Morgan fingerprint density at radius 3 is 3.00 bits per heavy atom. The standard InChI is InChI=1S/C12H11NOS2/c14-12(4-3-11-2-1-6-16-11)13-8-10-5-7-15-9-10/h1-7,9H,8H2,(H,13,14)/b4-3+. The highest BCUT2D eigenvalue weighted by molar-refractivity contribution is 7.10. The number of hydrogen-bond donors (Lipinski definition) is 1. The molecule has 0 unspecified atom stereocenters. The molecule has 0 fully saturated rings. The molecule has 0 atom stereocenters. The Kier molecular flexibility index (Phi) is 3.91. The number of carbonyl (C=O) groups is 1. The normalized spacial score (nSPS) is 10.8. The van der Waals surface area contributed by atoms with Crippen molar-refractivity contribution >= 4 is 34.7 Å². The predicted octanol–water partition coefficient (Wildman–Crippen LogP) is 3.14. The molecule has 0 bridgehead atoms. The molecule has 16 heavy (non-hydrogen) atoms. The quantitative estimate of drug-likeness (QED) is 0.829. The van der Waals surface area contributed by atoms with Crippen LogP contribution in [-0.2, 0) is 11.3 Å². The van der Waals surface area contributed by atoms with E-state index in [0.29, 0.717) is 6.54 Å². The lowest BCUT2D eigenvalue weighted by Crippen LogP contribution is -2.19. The first-order valence-corrected chi connectivity index (χ1v) is 6.67. The van der Waals surface area contributed by atoms with Gasteiger partial charge in [0.25, 0.3) is 0 Å². The Morgan fingerprint density at radius 2 is 2.31 bits per heavy atom. The van der Waals surface area contributed by atoms with E-state index in [0.717, 1.165) is 10.4 Å². The number of hydrogen-bond acceptors (Lipinski definition) is 3. The van der Waals surface area contributed by atoms with E-state index in [1.807, 2.05) is 40.4 Å². The molecule has 0 spiro atoms. The summed E-state index contributed by atoms with van der Waals surface area (Å²) in [7, 11) is 0. The van der Waals surface area contributed by atoms with Gasteiger partial charge in [0.15, 0.2) is 0 Å². The molecule has 2 aromatic heterocycles. The van der Waals surface area contributed by atoms with Crippen LogP contribution >= 0.6 is 22.7 Å². The summed E-state index contributed by atoms with van der Waals surface area (Å²) in [5.41, 5.74) is 1.14. The van der Waals surface area contributed by atoms with Crippen LogP contribution in [0.2, 0.25) is 0 Å². The van der Waals surface area contributed by atoms with Crippen molar-refractivity contribution < 1.29 is 4.79 Å². The molecule has 0 saturated carbocycles. The van der Waals surface area contributed by atoms with Gasteiger partial charge in [-0.25, -0.2) is 0 Å². The maximum Gasteiger partial charge on any atom is 0.244 e. The molecule has 0 aromatic carbocycles. The summed E-state index contributed by atoms with van der Waals surface area (Å²) in [4.78, 5) is 12.5. The zero-order valence-corrected chi connectivity index (χ0v) is 10.2. The first-order valence-electron chi connectivity index (χ1n) is 4.85. The highest BCUT2D eigenvalue weighted by Gasteiger charge is 1.96. The van der Waals surface area contributed by atoms with Crippen LogP contribution in [0.25, 0.3) is 6.08 Å². The Hall–Kier alpha value is -1.39. The first-order chi connectivity index (χ1) is 7.84.